The molecule has 1 aromatic heterocycles. The molecule has 0 amide bonds. The number of aromatic nitrogens is 1. The maximum Gasteiger partial charge on any atom is 0.343 e. The van der Waals surface area contributed by atoms with Crippen LogP contribution in [0.25, 0.3) is 10.8 Å². The highest BCUT2D eigenvalue weighted by Crippen LogP contribution is 2.48. The summed E-state index contributed by atoms with van der Waals surface area (Å²) in [6.45, 7) is 0. The van der Waals surface area contributed by atoms with Crippen LogP contribution in [-0.2, 0) is 4.79 Å². The molecule has 5 heteroatoms. The Morgan fingerprint density at radius 2 is 1.71 bits per heavy atom. The van der Waals surface area contributed by atoms with Gasteiger partial charge in [0.15, 0.2) is 5.78 Å². The van der Waals surface area contributed by atoms with Gasteiger partial charge in [-0.3, -0.25) is 9.78 Å². The summed E-state index contributed by atoms with van der Waals surface area (Å²) in [5.74, 6) is 0.0586. The largest absolute Gasteiger partial charge is 0.423 e. The average molecular weight is 447 g/mol. The highest BCUT2D eigenvalue weighted by atomic mass is 16.5. The van der Waals surface area contributed by atoms with E-state index in [9.17, 15) is 9.59 Å². The van der Waals surface area contributed by atoms with Crippen LogP contribution in [0.1, 0.15) is 46.7 Å². The summed E-state index contributed by atoms with van der Waals surface area (Å²) in [6, 6.07) is 23.3. The topological polar surface area (TPSA) is 68.3 Å². The van der Waals surface area contributed by atoms with Crippen molar-refractivity contribution >= 4 is 28.2 Å². The van der Waals surface area contributed by atoms with Crippen LogP contribution in [0.3, 0.4) is 0 Å². The number of nitrogens with one attached hydrogen (secondary N) is 1. The number of rotatable bonds is 3. The monoisotopic (exact) mass is 446 g/mol. The highest BCUT2D eigenvalue weighted by Gasteiger charge is 2.36. The van der Waals surface area contributed by atoms with Crippen molar-refractivity contribution < 1.29 is 14.3 Å². The number of nitrogens with zero attached hydrogens (tertiary/aromatic N) is 1. The quantitative estimate of drug-likeness (QED) is 0.308. The van der Waals surface area contributed by atoms with Gasteiger partial charge in [0.2, 0.25) is 0 Å². The molecule has 2 heterocycles. The van der Waals surface area contributed by atoms with Gasteiger partial charge in [0.25, 0.3) is 0 Å². The first-order valence-corrected chi connectivity index (χ1v) is 11.5. The molecule has 0 spiro atoms. The van der Waals surface area contributed by atoms with Crippen molar-refractivity contribution in [3.8, 4) is 5.75 Å². The lowest BCUT2D eigenvalue weighted by Gasteiger charge is -2.35. The van der Waals surface area contributed by atoms with Crippen molar-refractivity contribution in [3.05, 3.63) is 113 Å². The molecule has 1 N–H and O–H groups in total. The third-order valence-electron chi connectivity index (χ3n) is 6.63. The Hall–Kier alpha value is -4.25. The van der Waals surface area contributed by atoms with Gasteiger partial charge < -0.3 is 10.1 Å². The number of fused-ring (bicyclic) bond motifs is 3. The third-order valence-corrected chi connectivity index (χ3v) is 6.63. The Labute approximate surface area is 197 Å². The smallest absolute Gasteiger partial charge is 0.343 e. The second kappa shape index (κ2) is 8.27. The number of carbonyl (C=O) groups is 2. The maximum absolute atomic E-state index is 13.2. The van der Waals surface area contributed by atoms with E-state index in [-0.39, 0.29) is 11.7 Å². The molecule has 0 fully saturated rings. The van der Waals surface area contributed by atoms with Crippen LogP contribution in [0.2, 0.25) is 0 Å². The van der Waals surface area contributed by atoms with Gasteiger partial charge in [-0.05, 0) is 65.1 Å². The minimum Gasteiger partial charge on any atom is -0.423 e. The fraction of sp³-hybridized carbons (Fsp3) is 0.138. The summed E-state index contributed by atoms with van der Waals surface area (Å²) in [6.07, 6.45) is 5.42. The Morgan fingerprint density at radius 1 is 0.912 bits per heavy atom. The van der Waals surface area contributed by atoms with Crippen LogP contribution in [0.4, 0.5) is 5.69 Å². The van der Waals surface area contributed by atoms with Crippen molar-refractivity contribution in [2.45, 2.75) is 25.2 Å². The minimum absolute atomic E-state index is 0.171. The van der Waals surface area contributed by atoms with Gasteiger partial charge in [-0.2, -0.15) is 0 Å². The summed E-state index contributed by atoms with van der Waals surface area (Å²) in [7, 11) is 0. The van der Waals surface area contributed by atoms with E-state index in [1.165, 1.54) is 0 Å². The normalized spacial score (nSPS) is 17.1. The van der Waals surface area contributed by atoms with Crippen LogP contribution in [-0.4, -0.2) is 16.7 Å². The first kappa shape index (κ1) is 20.4. The molecule has 1 aliphatic carbocycles. The number of Topliss-reactive ketones (excluding diaryl/α,β-unsaturated/α-hetero) is 1. The number of anilines is 1. The molecule has 0 saturated heterocycles. The van der Waals surface area contributed by atoms with Gasteiger partial charge in [-0.15, -0.1) is 0 Å². The fourth-order valence-corrected chi connectivity index (χ4v) is 5.07. The van der Waals surface area contributed by atoms with Gasteiger partial charge >= 0.3 is 5.97 Å². The molecular weight excluding hydrogens is 424 g/mol. The molecule has 3 aromatic carbocycles. The highest BCUT2D eigenvalue weighted by molar-refractivity contribution is 6.04. The first-order chi connectivity index (χ1) is 16.7. The predicted octanol–water partition coefficient (Wildman–Crippen LogP) is 6.02. The van der Waals surface area contributed by atoms with Crippen molar-refractivity contribution in [2.75, 3.05) is 5.32 Å². The van der Waals surface area contributed by atoms with Crippen molar-refractivity contribution in [1.29, 1.82) is 0 Å². The SMILES string of the molecule is O=C1CCCC2=C1C(c1ccc(OC(=O)c3ccncc3)cc1)c1c(ccc3ccccc13)N2. The molecule has 4 aromatic rings. The van der Waals surface area contributed by atoms with Crippen LogP contribution in [0, 0.1) is 0 Å². The van der Waals surface area contributed by atoms with Crippen LogP contribution in [0.5, 0.6) is 5.75 Å². The van der Waals surface area contributed by atoms with Crippen LogP contribution < -0.4 is 10.1 Å². The van der Waals surface area contributed by atoms with E-state index < -0.39 is 5.97 Å². The molecule has 1 atom stereocenters. The van der Waals surface area contributed by atoms with Gasteiger partial charge in [0.1, 0.15) is 5.75 Å². The fourth-order valence-electron chi connectivity index (χ4n) is 5.07. The summed E-state index contributed by atoms with van der Waals surface area (Å²) in [5.41, 5.74) is 5.50. The Balaban J connectivity index is 1.43. The van der Waals surface area contributed by atoms with E-state index in [4.69, 9.17) is 4.74 Å². The lowest BCUT2D eigenvalue weighted by Crippen LogP contribution is -2.27. The lowest BCUT2D eigenvalue weighted by atomic mass is 9.74. The Morgan fingerprint density at radius 3 is 2.53 bits per heavy atom. The summed E-state index contributed by atoms with van der Waals surface area (Å²) >= 11 is 0. The van der Waals surface area contributed by atoms with Gasteiger partial charge in [-0.1, -0.05) is 42.5 Å². The zero-order chi connectivity index (χ0) is 23.1. The predicted molar refractivity (Wildman–Crippen MR) is 131 cm³/mol. The number of carbonyl (C=O) groups excluding carboxylic acids is 2. The van der Waals surface area contributed by atoms with E-state index in [0.717, 1.165) is 51.7 Å². The van der Waals surface area contributed by atoms with E-state index in [0.29, 0.717) is 17.7 Å². The number of allylic oxidation sites excluding steroid dienone is 2. The molecule has 5 nitrogen and oxygen atoms in total. The number of benzene rings is 3. The van der Waals surface area contributed by atoms with E-state index >= 15 is 0 Å². The number of ketones is 1. The molecule has 0 bridgehead atoms. The molecule has 6 rings (SSSR count). The Kier molecular flexibility index (Phi) is 4.95. The molecule has 2 aliphatic rings. The van der Waals surface area contributed by atoms with E-state index in [1.807, 2.05) is 24.3 Å². The molecule has 34 heavy (non-hydrogen) atoms. The Bertz CT molecular complexity index is 1460. The lowest BCUT2D eigenvalue weighted by molar-refractivity contribution is -0.116. The van der Waals surface area contributed by atoms with Crippen molar-refractivity contribution in [1.82, 2.24) is 4.98 Å². The molecular formula is C29H22N2O3. The van der Waals surface area contributed by atoms with Crippen molar-refractivity contribution in [3.63, 3.8) is 0 Å². The molecule has 0 radical (unpaired) electrons. The number of pyridine rings is 1. The second-order valence-electron chi connectivity index (χ2n) is 8.67. The van der Waals surface area contributed by atoms with Crippen LogP contribution in [0.15, 0.2) is 96.5 Å². The molecule has 1 unspecified atom stereocenters. The summed E-state index contributed by atoms with van der Waals surface area (Å²) in [4.78, 5) is 29.5. The first-order valence-electron chi connectivity index (χ1n) is 11.5. The zero-order valence-electron chi connectivity index (χ0n) is 18.5. The van der Waals surface area contributed by atoms with Gasteiger partial charge in [0.05, 0.1) is 5.56 Å². The second-order valence-corrected chi connectivity index (χ2v) is 8.67. The standard InChI is InChI=1S/C29H22N2O3/c32-25-7-3-6-23-28(25)26(27-22-5-2-1-4-18(22)10-13-24(27)31-23)19-8-11-21(12-9-19)34-29(33)20-14-16-30-17-15-20/h1-2,4-5,8-17,26,31H,3,6-7H2. The van der Waals surface area contributed by atoms with Crippen molar-refractivity contribution in [2.24, 2.45) is 0 Å². The summed E-state index contributed by atoms with van der Waals surface area (Å²) in [5, 5.41) is 5.84. The van der Waals surface area contributed by atoms with Gasteiger partial charge in [0, 0.05) is 41.7 Å². The molecule has 0 saturated carbocycles. The zero-order valence-corrected chi connectivity index (χ0v) is 18.5. The van der Waals surface area contributed by atoms with E-state index in [1.54, 1.807) is 36.7 Å². The molecule has 1 aliphatic heterocycles. The van der Waals surface area contributed by atoms with Crippen LogP contribution >= 0.6 is 0 Å². The molecule has 166 valence electrons. The number of hydrogen-bond donors (Lipinski definition) is 1. The maximum atomic E-state index is 13.2. The van der Waals surface area contributed by atoms with Gasteiger partial charge in [-0.25, -0.2) is 4.79 Å². The number of hydrogen-bond acceptors (Lipinski definition) is 5. The number of ether oxygens (including phenoxy) is 1. The third kappa shape index (κ3) is 3.46. The number of esters is 1. The minimum atomic E-state index is -0.430. The van der Waals surface area contributed by atoms with E-state index in [2.05, 4.69) is 34.6 Å². The summed E-state index contributed by atoms with van der Waals surface area (Å²) < 4.78 is 5.55. The average Bonchev–Trinajstić information content (AvgIpc) is 2.88.